The van der Waals surface area contributed by atoms with Gasteiger partial charge in [0.1, 0.15) is 0 Å². The molecule has 0 aromatic heterocycles. The van der Waals surface area contributed by atoms with Crippen molar-refractivity contribution in [2.75, 3.05) is 33.5 Å². The van der Waals surface area contributed by atoms with Gasteiger partial charge < -0.3 is 14.6 Å². The summed E-state index contributed by atoms with van der Waals surface area (Å²) >= 11 is 0. The van der Waals surface area contributed by atoms with Crippen molar-refractivity contribution in [3.63, 3.8) is 0 Å². The monoisotopic (exact) mass is 362 g/mol. The summed E-state index contributed by atoms with van der Waals surface area (Å²) in [7, 11) is 1.43. The van der Waals surface area contributed by atoms with E-state index in [1.807, 2.05) is 0 Å². The first-order valence-corrected chi connectivity index (χ1v) is 10.5. The molecule has 152 valence electrons. The van der Waals surface area contributed by atoms with E-state index >= 15 is 0 Å². The molecule has 0 saturated carbocycles. The maximum atomic E-state index is 13.9. The highest BCUT2D eigenvalue weighted by molar-refractivity contribution is 4.77. The molecule has 0 aromatic carbocycles. The Kier molecular flexibility index (Phi) is 18.5. The largest absolute Gasteiger partial charge is 0.393 e. The van der Waals surface area contributed by atoms with E-state index in [4.69, 9.17) is 14.6 Å². The molecule has 3 nitrogen and oxygen atoms in total. The lowest BCUT2D eigenvalue weighted by molar-refractivity contribution is -0.0613. The van der Waals surface area contributed by atoms with Crippen LogP contribution in [0.25, 0.3) is 0 Å². The molecule has 0 spiro atoms. The second kappa shape index (κ2) is 18.6. The topological polar surface area (TPSA) is 38.7 Å². The van der Waals surface area contributed by atoms with E-state index < -0.39 is 12.3 Å². The van der Waals surface area contributed by atoms with Crippen LogP contribution in [0.4, 0.5) is 4.39 Å². The number of halogens is 1. The van der Waals surface area contributed by atoms with Crippen molar-refractivity contribution >= 4 is 0 Å². The summed E-state index contributed by atoms with van der Waals surface area (Å²) in [5.74, 6) is 0. The summed E-state index contributed by atoms with van der Waals surface area (Å²) < 4.78 is 24.0. The van der Waals surface area contributed by atoms with Crippen molar-refractivity contribution < 1.29 is 19.0 Å². The van der Waals surface area contributed by atoms with Gasteiger partial charge in [-0.3, -0.25) is 0 Å². The van der Waals surface area contributed by atoms with Crippen LogP contribution in [0.15, 0.2) is 0 Å². The SMILES string of the molecule is CCCCCCCCCCCCCCCCOCC(F)(CO)COC. The zero-order valence-corrected chi connectivity index (χ0v) is 16.9. The predicted octanol–water partition coefficient (Wildman–Crippen LogP) is 5.83. The van der Waals surface area contributed by atoms with Crippen LogP contribution in [0, 0.1) is 0 Å². The van der Waals surface area contributed by atoms with Gasteiger partial charge in [-0.2, -0.15) is 0 Å². The predicted molar refractivity (Wildman–Crippen MR) is 104 cm³/mol. The van der Waals surface area contributed by atoms with Gasteiger partial charge >= 0.3 is 0 Å². The van der Waals surface area contributed by atoms with Gasteiger partial charge in [0.2, 0.25) is 0 Å². The number of methoxy groups -OCH3 is 1. The lowest BCUT2D eigenvalue weighted by Crippen LogP contribution is -2.38. The summed E-state index contributed by atoms with van der Waals surface area (Å²) in [6, 6.07) is 0. The van der Waals surface area contributed by atoms with Crippen LogP contribution >= 0.6 is 0 Å². The van der Waals surface area contributed by atoms with Crippen molar-refractivity contribution in [3.8, 4) is 0 Å². The van der Waals surface area contributed by atoms with Crippen LogP contribution in [-0.2, 0) is 9.47 Å². The zero-order chi connectivity index (χ0) is 18.6. The molecule has 0 saturated heterocycles. The normalized spacial score (nSPS) is 13.9. The number of alkyl halides is 1. The van der Waals surface area contributed by atoms with Crippen molar-refractivity contribution in [2.45, 2.75) is 102 Å². The Morgan fingerprint density at radius 2 is 1.16 bits per heavy atom. The maximum Gasteiger partial charge on any atom is 0.180 e. The lowest BCUT2D eigenvalue weighted by Gasteiger charge is -2.21. The van der Waals surface area contributed by atoms with Crippen LogP contribution < -0.4 is 0 Å². The van der Waals surface area contributed by atoms with Gasteiger partial charge in [-0.05, 0) is 6.42 Å². The molecule has 0 aromatic rings. The molecule has 0 rings (SSSR count). The minimum Gasteiger partial charge on any atom is -0.393 e. The van der Waals surface area contributed by atoms with Crippen LogP contribution in [0.1, 0.15) is 96.8 Å². The first-order chi connectivity index (χ1) is 12.2. The molecule has 0 aliphatic heterocycles. The van der Waals surface area contributed by atoms with E-state index in [2.05, 4.69) is 6.92 Å². The molecule has 0 radical (unpaired) electrons. The Morgan fingerprint density at radius 1 is 0.720 bits per heavy atom. The van der Waals surface area contributed by atoms with Crippen LogP contribution in [0.5, 0.6) is 0 Å². The highest BCUT2D eigenvalue weighted by Gasteiger charge is 2.29. The minimum absolute atomic E-state index is 0.0875. The molecule has 1 N–H and O–H groups in total. The van der Waals surface area contributed by atoms with E-state index in [1.165, 1.54) is 84.2 Å². The quantitative estimate of drug-likeness (QED) is 0.277. The van der Waals surface area contributed by atoms with Crippen molar-refractivity contribution in [3.05, 3.63) is 0 Å². The van der Waals surface area contributed by atoms with Gasteiger partial charge in [-0.15, -0.1) is 0 Å². The second-order valence-corrected chi connectivity index (χ2v) is 7.39. The average molecular weight is 363 g/mol. The fourth-order valence-electron chi connectivity index (χ4n) is 3.05. The van der Waals surface area contributed by atoms with Crippen LogP contribution in [0.3, 0.4) is 0 Å². The number of rotatable bonds is 20. The molecular formula is C21H43FO3. The van der Waals surface area contributed by atoms with Gasteiger partial charge in [-0.25, -0.2) is 4.39 Å². The Morgan fingerprint density at radius 3 is 1.56 bits per heavy atom. The van der Waals surface area contributed by atoms with E-state index in [-0.39, 0.29) is 13.2 Å². The zero-order valence-electron chi connectivity index (χ0n) is 16.9. The van der Waals surface area contributed by atoms with Gasteiger partial charge in [0.25, 0.3) is 0 Å². The first kappa shape index (κ1) is 24.8. The van der Waals surface area contributed by atoms with E-state index in [0.29, 0.717) is 6.61 Å². The van der Waals surface area contributed by atoms with Crippen LogP contribution in [0.2, 0.25) is 0 Å². The molecule has 0 heterocycles. The first-order valence-electron chi connectivity index (χ1n) is 10.5. The molecule has 0 fully saturated rings. The molecule has 0 amide bonds. The Hall–Kier alpha value is -0.190. The molecule has 25 heavy (non-hydrogen) atoms. The fraction of sp³-hybridized carbons (Fsp3) is 1.00. The third-order valence-electron chi connectivity index (χ3n) is 4.69. The van der Waals surface area contributed by atoms with E-state index in [9.17, 15) is 4.39 Å². The minimum atomic E-state index is -1.76. The standard InChI is InChI=1S/C21H43FO3/c1-3-4-5-6-7-8-9-10-11-12-13-14-15-16-17-25-20-21(22,18-23)19-24-2/h23H,3-20H2,1-2H3. The highest BCUT2D eigenvalue weighted by atomic mass is 19.1. The second-order valence-electron chi connectivity index (χ2n) is 7.39. The average Bonchev–Trinajstić information content (AvgIpc) is 2.61. The van der Waals surface area contributed by atoms with Gasteiger partial charge in [0, 0.05) is 13.7 Å². The van der Waals surface area contributed by atoms with Crippen molar-refractivity contribution in [1.82, 2.24) is 0 Å². The molecule has 4 heteroatoms. The number of aliphatic hydroxyl groups is 1. The Labute approximate surface area is 155 Å². The Balaban J connectivity index is 3.19. The molecule has 1 atom stereocenters. The summed E-state index contributed by atoms with van der Waals surface area (Å²) in [6.07, 6.45) is 18.5. The van der Waals surface area contributed by atoms with E-state index in [1.54, 1.807) is 0 Å². The smallest absolute Gasteiger partial charge is 0.180 e. The van der Waals surface area contributed by atoms with Gasteiger partial charge in [0.05, 0.1) is 19.8 Å². The molecule has 0 aliphatic carbocycles. The highest BCUT2D eigenvalue weighted by Crippen LogP contribution is 2.14. The van der Waals surface area contributed by atoms with Crippen LogP contribution in [-0.4, -0.2) is 44.3 Å². The maximum absolute atomic E-state index is 13.9. The molecule has 0 bridgehead atoms. The van der Waals surface area contributed by atoms with Gasteiger partial charge in [-0.1, -0.05) is 90.4 Å². The molecule has 0 aliphatic rings. The summed E-state index contributed by atoms with van der Waals surface area (Å²) in [5, 5.41) is 9.01. The summed E-state index contributed by atoms with van der Waals surface area (Å²) in [5.41, 5.74) is -1.76. The summed E-state index contributed by atoms with van der Waals surface area (Å²) in [6.45, 7) is 2.06. The third-order valence-corrected chi connectivity index (χ3v) is 4.69. The van der Waals surface area contributed by atoms with E-state index in [0.717, 1.165) is 12.8 Å². The van der Waals surface area contributed by atoms with Crippen molar-refractivity contribution in [1.29, 1.82) is 0 Å². The number of hydrogen-bond acceptors (Lipinski definition) is 3. The number of unbranched alkanes of at least 4 members (excludes halogenated alkanes) is 13. The number of hydrogen-bond donors (Lipinski definition) is 1. The fourth-order valence-corrected chi connectivity index (χ4v) is 3.05. The third kappa shape index (κ3) is 17.0. The molecule has 1 unspecified atom stereocenters. The Bertz CT molecular complexity index is 264. The molecular weight excluding hydrogens is 319 g/mol. The lowest BCUT2D eigenvalue weighted by atomic mass is 10.0. The number of aliphatic hydroxyl groups excluding tert-OH is 1. The van der Waals surface area contributed by atoms with Gasteiger partial charge in [0.15, 0.2) is 5.67 Å². The van der Waals surface area contributed by atoms with Crippen molar-refractivity contribution in [2.24, 2.45) is 0 Å². The number of ether oxygens (including phenoxy) is 2. The summed E-state index contributed by atoms with van der Waals surface area (Å²) in [4.78, 5) is 0.